The Morgan fingerprint density at radius 1 is 1.47 bits per heavy atom. The number of alkyl halides is 1. The van der Waals surface area contributed by atoms with Crippen LogP contribution in [0.2, 0.25) is 0 Å². The van der Waals surface area contributed by atoms with Crippen molar-refractivity contribution in [3.63, 3.8) is 0 Å². The van der Waals surface area contributed by atoms with Gasteiger partial charge in [0.1, 0.15) is 0 Å². The molecule has 1 fully saturated rings. The summed E-state index contributed by atoms with van der Waals surface area (Å²) in [5.74, 6) is -3.98. The molecule has 0 amide bonds. The van der Waals surface area contributed by atoms with E-state index in [9.17, 15) is 14.3 Å². The minimum absolute atomic E-state index is 0.117. The van der Waals surface area contributed by atoms with Gasteiger partial charge in [-0.05, 0) is 31.6 Å². The SMILES string of the molecule is CC(O)(F)C(=O)OCC1CCC(O)CC1. The molecule has 88 valence electrons. The number of carbonyl (C=O) groups excluding carboxylic acids is 1. The number of hydrogen-bond donors (Lipinski definition) is 2. The van der Waals surface area contributed by atoms with E-state index in [-0.39, 0.29) is 18.6 Å². The van der Waals surface area contributed by atoms with Crippen molar-refractivity contribution in [2.24, 2.45) is 5.92 Å². The van der Waals surface area contributed by atoms with E-state index in [1.807, 2.05) is 0 Å². The summed E-state index contributed by atoms with van der Waals surface area (Å²) >= 11 is 0. The highest BCUT2D eigenvalue weighted by Gasteiger charge is 2.32. The number of rotatable bonds is 3. The van der Waals surface area contributed by atoms with Gasteiger partial charge in [-0.25, -0.2) is 4.79 Å². The standard InChI is InChI=1S/C10H17FO4/c1-10(11,14)9(13)15-6-7-2-4-8(12)5-3-7/h7-8,12,14H,2-6H2,1H3. The first-order valence-electron chi connectivity index (χ1n) is 5.16. The van der Waals surface area contributed by atoms with Gasteiger partial charge >= 0.3 is 11.8 Å². The summed E-state index contributed by atoms with van der Waals surface area (Å²) in [7, 11) is 0. The number of aliphatic hydroxyl groups is 2. The van der Waals surface area contributed by atoms with Crippen LogP contribution in [0.25, 0.3) is 0 Å². The van der Waals surface area contributed by atoms with E-state index in [0.717, 1.165) is 19.8 Å². The van der Waals surface area contributed by atoms with Crippen LogP contribution in [0.15, 0.2) is 0 Å². The molecule has 0 radical (unpaired) electrons. The summed E-state index contributed by atoms with van der Waals surface area (Å²) in [4.78, 5) is 10.9. The van der Waals surface area contributed by atoms with Crippen LogP contribution in [0.5, 0.6) is 0 Å². The molecular formula is C10H17FO4. The highest BCUT2D eigenvalue weighted by Crippen LogP contribution is 2.24. The number of ether oxygens (including phenoxy) is 1. The molecule has 1 saturated carbocycles. The monoisotopic (exact) mass is 220 g/mol. The van der Waals surface area contributed by atoms with E-state index in [0.29, 0.717) is 12.8 Å². The highest BCUT2D eigenvalue weighted by atomic mass is 19.2. The number of hydrogen-bond acceptors (Lipinski definition) is 4. The zero-order chi connectivity index (χ0) is 11.5. The predicted octanol–water partition coefficient (Wildman–Crippen LogP) is 0.759. The van der Waals surface area contributed by atoms with Crippen LogP contribution in [-0.4, -0.2) is 34.7 Å². The van der Waals surface area contributed by atoms with E-state index in [1.54, 1.807) is 0 Å². The lowest BCUT2D eigenvalue weighted by Crippen LogP contribution is -2.33. The minimum atomic E-state index is -2.91. The van der Waals surface area contributed by atoms with Crippen molar-refractivity contribution in [1.82, 2.24) is 0 Å². The summed E-state index contributed by atoms with van der Waals surface area (Å²) in [5, 5.41) is 17.9. The van der Waals surface area contributed by atoms with E-state index in [2.05, 4.69) is 4.74 Å². The molecular weight excluding hydrogens is 203 g/mol. The molecule has 0 spiro atoms. The zero-order valence-corrected chi connectivity index (χ0v) is 8.78. The molecule has 0 aromatic rings. The van der Waals surface area contributed by atoms with Crippen LogP contribution >= 0.6 is 0 Å². The second-order valence-electron chi connectivity index (χ2n) is 4.23. The van der Waals surface area contributed by atoms with E-state index >= 15 is 0 Å². The van der Waals surface area contributed by atoms with Crippen LogP contribution in [0, 0.1) is 5.92 Å². The topological polar surface area (TPSA) is 66.8 Å². The Kier molecular flexibility index (Phi) is 4.04. The zero-order valence-electron chi connectivity index (χ0n) is 8.78. The first-order chi connectivity index (χ1) is 6.89. The predicted molar refractivity (Wildman–Crippen MR) is 50.7 cm³/mol. The minimum Gasteiger partial charge on any atom is -0.461 e. The molecule has 4 nitrogen and oxygen atoms in total. The molecule has 1 atom stereocenters. The second kappa shape index (κ2) is 4.90. The fourth-order valence-electron chi connectivity index (χ4n) is 1.64. The van der Waals surface area contributed by atoms with Gasteiger partial charge in [-0.1, -0.05) is 0 Å². The lowest BCUT2D eigenvalue weighted by Gasteiger charge is -2.25. The lowest BCUT2D eigenvalue weighted by atomic mass is 9.88. The Labute approximate surface area is 88.0 Å². The van der Waals surface area contributed by atoms with Gasteiger partial charge in [-0.2, -0.15) is 4.39 Å². The summed E-state index contributed by atoms with van der Waals surface area (Å²) < 4.78 is 17.3. The maximum atomic E-state index is 12.6. The lowest BCUT2D eigenvalue weighted by molar-refractivity contribution is -0.184. The molecule has 0 aromatic heterocycles. The third-order valence-corrected chi connectivity index (χ3v) is 2.64. The van der Waals surface area contributed by atoms with E-state index in [4.69, 9.17) is 5.11 Å². The van der Waals surface area contributed by atoms with Crippen molar-refractivity contribution in [3.05, 3.63) is 0 Å². The van der Waals surface area contributed by atoms with Crippen molar-refractivity contribution in [3.8, 4) is 0 Å². The Bertz CT molecular complexity index is 216. The van der Waals surface area contributed by atoms with Crippen LogP contribution in [0.3, 0.4) is 0 Å². The summed E-state index contributed by atoms with van der Waals surface area (Å²) in [6.07, 6.45) is 2.65. The quantitative estimate of drug-likeness (QED) is 0.689. The van der Waals surface area contributed by atoms with Crippen molar-refractivity contribution < 1.29 is 24.1 Å². The Balaban J connectivity index is 2.23. The van der Waals surface area contributed by atoms with Gasteiger partial charge in [0.05, 0.1) is 12.7 Å². The van der Waals surface area contributed by atoms with Crippen LogP contribution in [0.1, 0.15) is 32.6 Å². The number of halogens is 1. The highest BCUT2D eigenvalue weighted by molar-refractivity contribution is 5.76. The number of esters is 1. The normalized spacial score (nSPS) is 30.7. The molecule has 2 N–H and O–H groups in total. The fraction of sp³-hybridized carbons (Fsp3) is 0.900. The fourth-order valence-corrected chi connectivity index (χ4v) is 1.64. The Hall–Kier alpha value is -0.680. The number of aliphatic hydroxyl groups excluding tert-OH is 1. The van der Waals surface area contributed by atoms with Crippen LogP contribution in [-0.2, 0) is 9.53 Å². The first-order valence-corrected chi connectivity index (χ1v) is 5.16. The molecule has 1 rings (SSSR count). The van der Waals surface area contributed by atoms with Gasteiger partial charge < -0.3 is 14.9 Å². The third-order valence-electron chi connectivity index (χ3n) is 2.64. The maximum Gasteiger partial charge on any atom is 0.371 e. The summed E-state index contributed by atoms with van der Waals surface area (Å²) in [5.41, 5.74) is 0. The van der Waals surface area contributed by atoms with Gasteiger partial charge in [0, 0.05) is 6.92 Å². The molecule has 5 heteroatoms. The summed E-state index contributed by atoms with van der Waals surface area (Å²) in [6, 6.07) is 0. The van der Waals surface area contributed by atoms with Crippen LogP contribution in [0.4, 0.5) is 4.39 Å². The first kappa shape index (κ1) is 12.4. The van der Waals surface area contributed by atoms with Gasteiger partial charge in [0.15, 0.2) is 0 Å². The molecule has 0 saturated heterocycles. The molecule has 1 aliphatic rings. The average molecular weight is 220 g/mol. The molecule has 0 heterocycles. The molecule has 0 aliphatic heterocycles. The van der Waals surface area contributed by atoms with E-state index < -0.39 is 11.8 Å². The van der Waals surface area contributed by atoms with Gasteiger partial charge in [0.25, 0.3) is 0 Å². The third kappa shape index (κ3) is 4.13. The smallest absolute Gasteiger partial charge is 0.371 e. The largest absolute Gasteiger partial charge is 0.461 e. The molecule has 15 heavy (non-hydrogen) atoms. The molecule has 0 bridgehead atoms. The van der Waals surface area contributed by atoms with E-state index in [1.165, 1.54) is 0 Å². The summed E-state index contributed by atoms with van der Waals surface area (Å²) in [6.45, 7) is 0.867. The second-order valence-corrected chi connectivity index (χ2v) is 4.23. The van der Waals surface area contributed by atoms with Gasteiger partial charge in [0.2, 0.25) is 0 Å². The van der Waals surface area contributed by atoms with Crippen molar-refractivity contribution in [2.45, 2.75) is 44.6 Å². The maximum absolute atomic E-state index is 12.6. The number of carbonyl (C=O) groups is 1. The van der Waals surface area contributed by atoms with Crippen molar-refractivity contribution in [1.29, 1.82) is 0 Å². The Morgan fingerprint density at radius 2 is 2.00 bits per heavy atom. The van der Waals surface area contributed by atoms with Gasteiger partial charge in [-0.15, -0.1) is 0 Å². The molecule has 1 aliphatic carbocycles. The molecule has 0 aromatic carbocycles. The Morgan fingerprint density at radius 3 is 2.47 bits per heavy atom. The van der Waals surface area contributed by atoms with Gasteiger partial charge in [-0.3, -0.25) is 0 Å². The van der Waals surface area contributed by atoms with Crippen LogP contribution < -0.4 is 0 Å². The molecule has 1 unspecified atom stereocenters. The van der Waals surface area contributed by atoms with Crippen molar-refractivity contribution >= 4 is 5.97 Å². The average Bonchev–Trinajstić information content (AvgIpc) is 2.15. The van der Waals surface area contributed by atoms with Crippen molar-refractivity contribution in [2.75, 3.05) is 6.61 Å².